The van der Waals surface area contributed by atoms with Crippen molar-refractivity contribution in [2.75, 3.05) is 7.11 Å². The van der Waals surface area contributed by atoms with Gasteiger partial charge in [0.1, 0.15) is 5.78 Å². The van der Waals surface area contributed by atoms with Crippen LogP contribution in [0.4, 0.5) is 0 Å². The van der Waals surface area contributed by atoms with Crippen LogP contribution in [0.1, 0.15) is 33.1 Å². The summed E-state index contributed by atoms with van der Waals surface area (Å²) in [4.78, 5) is 21.8. The van der Waals surface area contributed by atoms with Gasteiger partial charge in [0, 0.05) is 6.42 Å². The van der Waals surface area contributed by atoms with E-state index in [9.17, 15) is 9.59 Å². The van der Waals surface area contributed by atoms with Crippen LogP contribution in [0.3, 0.4) is 0 Å². The molecule has 0 aromatic carbocycles. The molecule has 0 saturated carbocycles. The van der Waals surface area contributed by atoms with E-state index in [1.54, 1.807) is 6.92 Å². The Bertz CT molecular complexity index is 231. The summed E-state index contributed by atoms with van der Waals surface area (Å²) in [5.41, 5.74) is 0.927. The monoisotopic (exact) mass is 198 g/mol. The highest BCUT2D eigenvalue weighted by molar-refractivity contribution is 5.75. The van der Waals surface area contributed by atoms with Crippen molar-refractivity contribution in [1.29, 1.82) is 0 Å². The molecule has 3 heteroatoms. The molecule has 1 atom stereocenters. The highest BCUT2D eigenvalue weighted by atomic mass is 16.5. The molecule has 0 heterocycles. The summed E-state index contributed by atoms with van der Waals surface area (Å²) in [5, 5.41) is 0. The zero-order valence-corrected chi connectivity index (χ0v) is 9.13. The van der Waals surface area contributed by atoms with Crippen LogP contribution in [0.15, 0.2) is 12.2 Å². The van der Waals surface area contributed by atoms with Crippen molar-refractivity contribution in [2.24, 2.45) is 5.92 Å². The maximum absolute atomic E-state index is 11.0. The second-order valence-corrected chi connectivity index (χ2v) is 3.56. The van der Waals surface area contributed by atoms with Crippen LogP contribution in [-0.4, -0.2) is 18.9 Å². The van der Waals surface area contributed by atoms with Gasteiger partial charge in [-0.1, -0.05) is 12.2 Å². The van der Waals surface area contributed by atoms with E-state index < -0.39 is 0 Å². The van der Waals surface area contributed by atoms with Crippen molar-refractivity contribution >= 4 is 11.8 Å². The second-order valence-electron chi connectivity index (χ2n) is 3.56. The Balaban J connectivity index is 4.09. The first-order chi connectivity index (χ1) is 6.47. The fraction of sp³-hybridized carbons (Fsp3) is 0.636. The molecule has 0 aromatic rings. The van der Waals surface area contributed by atoms with Crippen LogP contribution in [0.2, 0.25) is 0 Å². The van der Waals surface area contributed by atoms with Crippen LogP contribution in [0.5, 0.6) is 0 Å². The highest BCUT2D eigenvalue weighted by Crippen LogP contribution is 2.19. The van der Waals surface area contributed by atoms with Gasteiger partial charge >= 0.3 is 5.97 Å². The normalized spacial score (nSPS) is 11.9. The first kappa shape index (κ1) is 12.9. The molecule has 0 aliphatic heterocycles. The van der Waals surface area contributed by atoms with Gasteiger partial charge in [0.05, 0.1) is 13.5 Å². The lowest BCUT2D eigenvalue weighted by Gasteiger charge is -2.14. The van der Waals surface area contributed by atoms with E-state index in [1.165, 1.54) is 7.11 Å². The van der Waals surface area contributed by atoms with E-state index in [-0.39, 0.29) is 17.7 Å². The minimum atomic E-state index is -0.249. The number of carbonyl (C=O) groups excluding carboxylic acids is 2. The SMILES string of the molecule is C=C(C)C(CCC(C)=O)CC(=O)OC. The third-order valence-corrected chi connectivity index (χ3v) is 2.18. The highest BCUT2D eigenvalue weighted by Gasteiger charge is 2.15. The predicted molar refractivity (Wildman–Crippen MR) is 54.9 cm³/mol. The Morgan fingerprint density at radius 1 is 1.36 bits per heavy atom. The topological polar surface area (TPSA) is 43.4 Å². The van der Waals surface area contributed by atoms with Crippen LogP contribution >= 0.6 is 0 Å². The molecule has 0 fully saturated rings. The molecule has 0 spiro atoms. The van der Waals surface area contributed by atoms with Crippen LogP contribution in [-0.2, 0) is 14.3 Å². The van der Waals surface area contributed by atoms with Crippen molar-refractivity contribution in [3.05, 3.63) is 12.2 Å². The van der Waals surface area contributed by atoms with E-state index in [4.69, 9.17) is 0 Å². The predicted octanol–water partition coefficient (Wildman–Crippen LogP) is 2.11. The molecule has 0 amide bonds. The van der Waals surface area contributed by atoms with Crippen LogP contribution < -0.4 is 0 Å². The van der Waals surface area contributed by atoms with E-state index in [1.807, 2.05) is 6.92 Å². The zero-order chi connectivity index (χ0) is 11.1. The molecule has 3 nitrogen and oxygen atoms in total. The molecule has 0 rings (SSSR count). The molecule has 0 aliphatic carbocycles. The second kappa shape index (κ2) is 6.35. The smallest absolute Gasteiger partial charge is 0.306 e. The molecule has 14 heavy (non-hydrogen) atoms. The molecule has 0 N–H and O–H groups in total. The van der Waals surface area contributed by atoms with Gasteiger partial charge in [-0.25, -0.2) is 0 Å². The molecule has 1 unspecified atom stereocenters. The Morgan fingerprint density at radius 2 is 1.93 bits per heavy atom. The summed E-state index contributed by atoms with van der Waals surface area (Å²) in [6.45, 7) is 7.22. The Kier molecular flexibility index (Phi) is 5.84. The Morgan fingerprint density at radius 3 is 2.29 bits per heavy atom. The maximum atomic E-state index is 11.0. The zero-order valence-electron chi connectivity index (χ0n) is 9.13. The summed E-state index contributed by atoms with van der Waals surface area (Å²) in [6, 6.07) is 0. The summed E-state index contributed by atoms with van der Waals surface area (Å²) < 4.78 is 4.57. The molecule has 0 aromatic heterocycles. The summed E-state index contributed by atoms with van der Waals surface area (Å²) in [5.74, 6) is -0.0472. The van der Waals surface area contributed by atoms with E-state index in [0.717, 1.165) is 5.57 Å². The Labute approximate surface area is 85.1 Å². The number of carbonyl (C=O) groups is 2. The summed E-state index contributed by atoms with van der Waals surface area (Å²) in [6.07, 6.45) is 1.49. The summed E-state index contributed by atoms with van der Waals surface area (Å²) in [7, 11) is 1.36. The van der Waals surface area contributed by atoms with Crippen LogP contribution in [0, 0.1) is 5.92 Å². The lowest BCUT2D eigenvalue weighted by atomic mass is 9.92. The molecule has 0 saturated heterocycles. The van der Waals surface area contributed by atoms with Gasteiger partial charge in [-0.2, -0.15) is 0 Å². The Hall–Kier alpha value is -1.12. The molecular weight excluding hydrogens is 180 g/mol. The average Bonchev–Trinajstić information content (AvgIpc) is 2.10. The number of rotatable bonds is 6. The van der Waals surface area contributed by atoms with Gasteiger partial charge in [0.2, 0.25) is 0 Å². The fourth-order valence-corrected chi connectivity index (χ4v) is 1.18. The number of hydrogen-bond acceptors (Lipinski definition) is 3. The fourth-order valence-electron chi connectivity index (χ4n) is 1.18. The van der Waals surface area contributed by atoms with Crippen LogP contribution in [0.25, 0.3) is 0 Å². The number of Topliss-reactive ketones (excluding diaryl/α,β-unsaturated/α-hetero) is 1. The molecule has 0 aliphatic rings. The van der Waals surface area contributed by atoms with Gasteiger partial charge < -0.3 is 9.53 Å². The van der Waals surface area contributed by atoms with E-state index in [2.05, 4.69) is 11.3 Å². The van der Waals surface area contributed by atoms with Crippen molar-refractivity contribution in [2.45, 2.75) is 33.1 Å². The summed E-state index contributed by atoms with van der Waals surface area (Å²) >= 11 is 0. The molecule has 80 valence electrons. The van der Waals surface area contributed by atoms with Gasteiger partial charge in [-0.3, -0.25) is 4.79 Å². The maximum Gasteiger partial charge on any atom is 0.306 e. The average molecular weight is 198 g/mol. The third-order valence-electron chi connectivity index (χ3n) is 2.18. The number of esters is 1. The number of allylic oxidation sites excluding steroid dienone is 1. The first-order valence-electron chi connectivity index (χ1n) is 4.69. The first-order valence-corrected chi connectivity index (χ1v) is 4.69. The van der Waals surface area contributed by atoms with Gasteiger partial charge in [-0.05, 0) is 26.2 Å². The van der Waals surface area contributed by atoms with E-state index in [0.29, 0.717) is 19.3 Å². The van der Waals surface area contributed by atoms with E-state index >= 15 is 0 Å². The lowest BCUT2D eigenvalue weighted by Crippen LogP contribution is -2.12. The molecular formula is C11H18O3. The number of ether oxygens (including phenoxy) is 1. The molecule has 0 radical (unpaired) electrons. The minimum absolute atomic E-state index is 0.0614. The van der Waals surface area contributed by atoms with Gasteiger partial charge in [0.25, 0.3) is 0 Å². The quantitative estimate of drug-likeness (QED) is 0.485. The van der Waals surface area contributed by atoms with Gasteiger partial charge in [0.15, 0.2) is 0 Å². The van der Waals surface area contributed by atoms with Crippen molar-refractivity contribution in [3.8, 4) is 0 Å². The van der Waals surface area contributed by atoms with Gasteiger partial charge in [-0.15, -0.1) is 0 Å². The molecule has 0 bridgehead atoms. The van der Waals surface area contributed by atoms with Crippen molar-refractivity contribution in [1.82, 2.24) is 0 Å². The standard InChI is InChI=1S/C11H18O3/c1-8(2)10(6-5-9(3)12)7-11(13)14-4/h10H,1,5-7H2,2-4H3. The number of methoxy groups -OCH3 is 1. The number of ketones is 1. The lowest BCUT2D eigenvalue weighted by molar-refractivity contribution is -0.141. The van der Waals surface area contributed by atoms with Crippen molar-refractivity contribution in [3.63, 3.8) is 0 Å². The third kappa shape index (κ3) is 5.51. The minimum Gasteiger partial charge on any atom is -0.469 e. The largest absolute Gasteiger partial charge is 0.469 e. The van der Waals surface area contributed by atoms with Crippen molar-refractivity contribution < 1.29 is 14.3 Å². The number of hydrogen-bond donors (Lipinski definition) is 0.